The van der Waals surface area contributed by atoms with Gasteiger partial charge in [0, 0.05) is 144 Å². The van der Waals surface area contributed by atoms with Gasteiger partial charge in [0.15, 0.2) is 0 Å². The lowest BCUT2D eigenvalue weighted by Crippen LogP contribution is -2.58. The number of hydrogen-bond acceptors (Lipinski definition) is 20. The van der Waals surface area contributed by atoms with E-state index in [0.29, 0.717) is 95.4 Å². The van der Waals surface area contributed by atoms with Crippen molar-refractivity contribution in [3.8, 4) is 10.4 Å². The van der Waals surface area contributed by atoms with E-state index in [1.807, 2.05) is 116 Å². The van der Waals surface area contributed by atoms with Crippen molar-refractivity contribution >= 4 is 101 Å². The van der Waals surface area contributed by atoms with Crippen molar-refractivity contribution in [3.05, 3.63) is 160 Å². The number of aryl methyl sites for hydroxylation is 1. The fourth-order valence-electron chi connectivity index (χ4n) is 16.6. The number of sulfonamides is 1. The third-order valence-corrected chi connectivity index (χ3v) is 28.5. The summed E-state index contributed by atoms with van der Waals surface area (Å²) in [7, 11) is -11.0. The fourth-order valence-corrected chi connectivity index (χ4v) is 20.5. The molecule has 6 heterocycles. The van der Waals surface area contributed by atoms with Gasteiger partial charge >= 0.3 is 5.51 Å². The lowest BCUT2D eigenvalue weighted by atomic mass is 9.71. The Balaban J connectivity index is 0.594. The first-order valence-electron chi connectivity index (χ1n) is 39.9. The molecule has 5 amide bonds. The number of piperazine rings is 2. The molecule has 12 rings (SSSR count). The van der Waals surface area contributed by atoms with Crippen LogP contribution in [-0.4, -0.2) is 246 Å². The van der Waals surface area contributed by atoms with Crippen molar-refractivity contribution < 1.29 is 63.8 Å². The molecule has 0 bridgehead atoms. The highest BCUT2D eigenvalue weighted by Crippen LogP contribution is 2.45. The number of β-amino-alcohol motifs (C(OH)–C–C–N with tert-alkyl or cyclic N) is 1. The minimum absolute atomic E-state index is 0.0224. The van der Waals surface area contributed by atoms with E-state index in [-0.39, 0.29) is 60.0 Å². The monoisotopic (exact) mass is 1680 g/mol. The van der Waals surface area contributed by atoms with Crippen LogP contribution in [0.15, 0.2) is 147 Å². The summed E-state index contributed by atoms with van der Waals surface area (Å²) in [4.78, 5) is 89.0. The summed E-state index contributed by atoms with van der Waals surface area (Å²) in [5.74, 6) is -1.60. The third-order valence-electron chi connectivity index (χ3n) is 23.2. The number of piperidine rings is 1. The Hall–Kier alpha value is -7.49. The molecule has 6 aromatic rings. The average molecular weight is 1680 g/mol. The molecule has 5 aliphatic heterocycles. The van der Waals surface area contributed by atoms with E-state index in [4.69, 9.17) is 16.3 Å². The van der Waals surface area contributed by atoms with E-state index in [0.717, 1.165) is 134 Å². The largest absolute Gasteiger partial charge is 0.501 e. The van der Waals surface area contributed by atoms with E-state index in [1.165, 1.54) is 39.9 Å². The molecule has 5 aromatic carbocycles. The average Bonchev–Trinajstić information content (AvgIpc) is 1.38. The Kier molecular flexibility index (Phi) is 28.7. The van der Waals surface area contributed by atoms with Crippen molar-refractivity contribution in [2.45, 2.75) is 150 Å². The van der Waals surface area contributed by atoms with E-state index in [2.05, 4.69) is 64.5 Å². The summed E-state index contributed by atoms with van der Waals surface area (Å²) < 4.78 is 105. The Morgan fingerprint density at radius 1 is 0.783 bits per heavy atom. The van der Waals surface area contributed by atoms with Gasteiger partial charge < -0.3 is 45.4 Å². The number of nitrogens with one attached hydrogen (secondary N) is 4. The molecule has 1 aliphatic carbocycles. The number of allylic oxidation sites excluding steroid dienone is 1. The number of rotatable bonds is 28. The highest BCUT2D eigenvalue weighted by molar-refractivity contribution is 7.99. The SMILES string of the molecule is Cc1ncsc1-c1ccc([C@H](C)NC(=O)[C@@H]2C[C@@H](O)CN2C(=O)C(NC(=O)CC2CCN(CC(=O)N3CCN(CC4(C)CCC(c5ccc(Cl)cc5)=C(CN5CCN(c6ccc(C(=O)NS(=O)(=O)c7ccc(NC(CCN8CCCOCC8)CSc8ccccc8)c(S(=O)(=O)C(F)(F)F)c7)cc6)CC5)C4)CC3)CC2)C(C)(C)C)cc1. The number of nitrogens with zero attached hydrogens (tertiary/aromatic N) is 8. The summed E-state index contributed by atoms with van der Waals surface area (Å²) in [6.45, 7) is 23.7. The van der Waals surface area contributed by atoms with Gasteiger partial charge in [0.1, 0.15) is 17.0 Å². The first-order valence-corrected chi connectivity index (χ1v) is 45.1. The van der Waals surface area contributed by atoms with Crippen LogP contribution in [0.5, 0.6) is 0 Å². The number of ether oxygens (including phenoxy) is 1. The molecule has 23 nitrogen and oxygen atoms in total. The fraction of sp³-hybridized carbons (Fsp3) is 0.524. The number of thioether (sulfide) groups is 1. The molecular weight excluding hydrogens is 1570 g/mol. The standard InChI is InChI=1S/C84H108ClF3N12O11S4/c1-57(60-13-15-62(16-14-60)77-58(2)89-56-113-77)90-80(105)73-48-68(101)52-100(73)81(106)78(82(3,4)5)92-75(102)47-59-28-33-95(34-29-59)53-76(103)99-42-38-97(39-43-99)55-83(6)31-27-71(61-17-21-65(85)22-18-61)64(50-83)51-96-36-40-98(41-37-96)67-23-19-63(20-24-67)79(104)93-115(109,110)70-25-26-72(74(49-70)114(107,108)84(86,87)88)91-66(54-112-69-11-8-7-9-12-69)30-35-94-32-10-45-111-46-44-94/h7-9,11-26,49,56-57,59,66,68,73,78,91,101H,10,27-48,50-55H2,1-6H3,(H,90,105)(H,92,102)(H,93,104)/t57-,66?,68+,73-,78?,83?/m0/s1. The van der Waals surface area contributed by atoms with Gasteiger partial charge in [-0.1, -0.05) is 99.5 Å². The van der Waals surface area contributed by atoms with Gasteiger partial charge in [-0.25, -0.2) is 26.5 Å². The Morgan fingerprint density at radius 3 is 2.14 bits per heavy atom. The second-order valence-corrected chi connectivity index (χ2v) is 38.9. The molecule has 1 aromatic heterocycles. The summed E-state index contributed by atoms with van der Waals surface area (Å²) >= 11 is 9.43. The molecule has 6 aliphatic rings. The molecule has 5 saturated heterocycles. The zero-order valence-electron chi connectivity index (χ0n) is 66.3. The van der Waals surface area contributed by atoms with Crippen molar-refractivity contribution in [2.75, 3.05) is 140 Å². The first-order chi connectivity index (χ1) is 54.7. The number of anilines is 2. The molecule has 5 N–H and O–H groups in total. The molecule has 622 valence electrons. The summed E-state index contributed by atoms with van der Waals surface area (Å²) in [6, 6.07) is 31.4. The number of aliphatic hydroxyl groups is 1. The normalized spacial score (nSPS) is 21.2. The van der Waals surface area contributed by atoms with Crippen LogP contribution in [0.3, 0.4) is 0 Å². The highest BCUT2D eigenvalue weighted by Gasteiger charge is 2.49. The van der Waals surface area contributed by atoms with Gasteiger partial charge in [0.2, 0.25) is 23.6 Å². The second-order valence-electron chi connectivity index (χ2n) is 33.0. The molecule has 6 atom stereocenters. The van der Waals surface area contributed by atoms with Crippen LogP contribution < -0.4 is 25.6 Å². The maximum atomic E-state index is 14.5. The summed E-state index contributed by atoms with van der Waals surface area (Å²) in [5.41, 5.74) is 2.35. The number of alkyl halides is 3. The Bertz CT molecular complexity index is 4630. The predicted molar refractivity (Wildman–Crippen MR) is 444 cm³/mol. The first kappa shape index (κ1) is 86.8. The number of likely N-dealkylation sites (tertiary alicyclic amines) is 2. The van der Waals surface area contributed by atoms with Crippen LogP contribution >= 0.6 is 34.7 Å². The van der Waals surface area contributed by atoms with Crippen molar-refractivity contribution in [2.24, 2.45) is 16.7 Å². The second kappa shape index (κ2) is 38.1. The third kappa shape index (κ3) is 22.7. The maximum absolute atomic E-state index is 14.5. The Morgan fingerprint density at radius 2 is 1.47 bits per heavy atom. The Labute approximate surface area is 687 Å². The maximum Gasteiger partial charge on any atom is 0.501 e. The van der Waals surface area contributed by atoms with Crippen LogP contribution in [0.4, 0.5) is 24.5 Å². The van der Waals surface area contributed by atoms with Crippen molar-refractivity contribution in [1.82, 2.24) is 49.7 Å². The number of amides is 5. The number of hydrogen-bond donors (Lipinski definition) is 5. The molecule has 0 saturated carbocycles. The number of benzene rings is 5. The topological polar surface area (TPSA) is 267 Å². The molecule has 31 heteroatoms. The van der Waals surface area contributed by atoms with Crippen molar-refractivity contribution in [3.63, 3.8) is 0 Å². The van der Waals surface area contributed by atoms with Gasteiger partial charge in [0.05, 0.1) is 52.0 Å². The molecule has 5 fully saturated rings. The number of sulfone groups is 1. The smallest absolute Gasteiger partial charge is 0.391 e. The molecule has 115 heavy (non-hydrogen) atoms. The predicted octanol–water partition coefficient (Wildman–Crippen LogP) is 11.3. The highest BCUT2D eigenvalue weighted by atomic mass is 35.5. The van der Waals surface area contributed by atoms with Crippen LogP contribution in [0.2, 0.25) is 5.02 Å². The molecule has 0 radical (unpaired) electrons. The van der Waals surface area contributed by atoms with Crippen molar-refractivity contribution in [1.29, 1.82) is 0 Å². The number of halogens is 4. The summed E-state index contributed by atoms with van der Waals surface area (Å²) in [5, 5.41) is 20.6. The zero-order chi connectivity index (χ0) is 82.0. The number of thiazole rings is 1. The van der Waals surface area contributed by atoms with Gasteiger partial charge in [-0.2, -0.15) is 13.2 Å². The van der Waals surface area contributed by atoms with Gasteiger partial charge in [0.25, 0.3) is 25.8 Å². The molecular formula is C84H108ClF3N12O11S4. The van der Waals surface area contributed by atoms with E-state index in [9.17, 15) is 59.1 Å². The number of carbonyl (C=O) groups excluding carboxylic acids is 5. The molecule has 0 spiro atoms. The van der Waals surface area contributed by atoms with E-state index < -0.39 is 82.3 Å². The summed E-state index contributed by atoms with van der Waals surface area (Å²) in [6.07, 6.45) is 4.82. The zero-order valence-corrected chi connectivity index (χ0v) is 70.4. The van der Waals surface area contributed by atoms with Gasteiger partial charge in [-0.05, 0) is 178 Å². The van der Waals surface area contributed by atoms with Crippen LogP contribution in [0, 0.1) is 23.7 Å². The number of aliphatic hydroxyl groups excluding tert-OH is 1. The lowest BCUT2D eigenvalue weighted by molar-refractivity contribution is -0.144. The van der Waals surface area contributed by atoms with Crippen LogP contribution in [0.1, 0.15) is 126 Å². The van der Waals surface area contributed by atoms with Crippen LogP contribution in [-0.2, 0) is 43.8 Å². The van der Waals surface area contributed by atoms with E-state index >= 15 is 0 Å². The quantitative estimate of drug-likeness (QED) is 0.0286. The minimum Gasteiger partial charge on any atom is -0.391 e. The van der Waals surface area contributed by atoms with Gasteiger partial charge in [-0.3, -0.25) is 38.7 Å². The van der Waals surface area contributed by atoms with Crippen LogP contribution in [0.25, 0.3) is 16.0 Å². The minimum atomic E-state index is -6.12. The van der Waals surface area contributed by atoms with E-state index in [1.54, 1.807) is 23.5 Å². The van der Waals surface area contributed by atoms with Gasteiger partial charge in [-0.15, -0.1) is 23.1 Å². The molecule has 3 unspecified atom stereocenters. The number of carbonyl (C=O) groups is 5. The lowest BCUT2D eigenvalue weighted by Gasteiger charge is -2.44. The number of aromatic nitrogens is 1.